The molecule has 3 saturated heterocycles. The maximum atomic E-state index is 14.6. The first-order chi connectivity index (χ1) is 37.9. The number of carboxylic acid groups (broad SMARTS) is 1. The number of carboxylic acids is 1. The second-order valence-electron chi connectivity index (χ2n) is 22.9. The molecule has 81 heavy (non-hydrogen) atoms. The SMILES string of the molecule is CC[C@H]1OC(=O)[C@H](C)[C@@H](O[C@H]2C[C@@](C)(OC)[C@@H](OC(=O)NCCOCCSc3ccc4c(c3)c(=O)c(C(=O)O)cn4N(C)C)[C@H](C)O2)[C@H](C)[C@@H](O[C@@H]2O[C@H](C)C[C@H](N(C)C)[C@H]2O)[C@](C)(O)C[C@@H](C)/C(=N\OCOC)[C@H](C)[C@@H](O)[C@]1(C)O. The number of esters is 1. The van der Waals surface area contributed by atoms with E-state index in [4.69, 9.17) is 47.5 Å². The highest BCUT2D eigenvalue weighted by atomic mass is 32.2. The second-order valence-corrected chi connectivity index (χ2v) is 24.1. The number of cyclic esters (lactones) is 1. The molecule has 0 bridgehead atoms. The molecule has 1 amide bonds. The summed E-state index contributed by atoms with van der Waals surface area (Å²) in [5, 5.41) is 67.4. The third-order valence-electron chi connectivity index (χ3n) is 16.0. The Bertz CT molecular complexity index is 2500. The molecule has 1 aromatic heterocycles. The van der Waals surface area contributed by atoms with Crippen LogP contribution in [0.3, 0.4) is 0 Å². The van der Waals surface area contributed by atoms with Gasteiger partial charge in [-0.25, -0.2) is 9.59 Å². The number of aromatic carboxylic acids is 1. The Labute approximate surface area is 479 Å². The fraction of sp³-hybridized carbons (Fsp3) is 0.768. The largest absolute Gasteiger partial charge is 0.477 e. The van der Waals surface area contributed by atoms with E-state index in [1.807, 2.05) is 32.0 Å². The molecule has 6 N–H and O–H groups in total. The molecule has 1 aromatic carbocycles. The number of benzene rings is 1. The number of fused-ring (bicyclic) bond motifs is 1. The van der Waals surface area contributed by atoms with Crippen LogP contribution < -0.4 is 15.8 Å². The molecule has 0 unspecified atom stereocenters. The van der Waals surface area contributed by atoms with Gasteiger partial charge in [-0.15, -0.1) is 11.8 Å². The van der Waals surface area contributed by atoms with Gasteiger partial charge in [-0.2, -0.15) is 0 Å². The zero-order valence-electron chi connectivity index (χ0n) is 50.0. The van der Waals surface area contributed by atoms with Crippen molar-refractivity contribution < 1.29 is 87.4 Å². The number of amides is 1. The van der Waals surface area contributed by atoms with E-state index in [0.29, 0.717) is 24.3 Å². The van der Waals surface area contributed by atoms with Gasteiger partial charge < -0.3 is 88.2 Å². The minimum Gasteiger partial charge on any atom is -0.477 e. The Kier molecular flexibility index (Phi) is 24.2. The number of alkyl carbamates (subject to hydrolysis) is 1. The summed E-state index contributed by atoms with van der Waals surface area (Å²) < 4.78 is 57.1. The zero-order chi connectivity index (χ0) is 60.5. The van der Waals surface area contributed by atoms with Crippen molar-refractivity contribution in [1.29, 1.82) is 0 Å². The van der Waals surface area contributed by atoms with Crippen LogP contribution in [0.5, 0.6) is 0 Å². The molecule has 0 aliphatic carbocycles. The normalized spacial score (nSPS) is 36.0. The van der Waals surface area contributed by atoms with Gasteiger partial charge >= 0.3 is 18.0 Å². The first-order valence-electron chi connectivity index (χ1n) is 27.7. The number of pyridine rings is 1. The Morgan fingerprint density at radius 2 is 1.63 bits per heavy atom. The number of aliphatic hydroxyl groups is 4. The number of carbonyl (C=O) groups is 3. The van der Waals surface area contributed by atoms with Crippen molar-refractivity contribution in [2.75, 3.05) is 79.7 Å². The topological polar surface area (TPSA) is 298 Å². The summed E-state index contributed by atoms with van der Waals surface area (Å²) in [7, 11) is 10.1. The number of aromatic nitrogens is 1. The van der Waals surface area contributed by atoms with Crippen LogP contribution in [0.15, 0.2) is 39.2 Å². The zero-order valence-corrected chi connectivity index (χ0v) is 50.8. The van der Waals surface area contributed by atoms with E-state index in [-0.39, 0.29) is 68.0 Å². The number of nitrogens with zero attached hydrogens (tertiary/aromatic N) is 4. The van der Waals surface area contributed by atoms with Crippen LogP contribution in [0, 0.1) is 23.7 Å². The molecule has 24 nitrogen and oxygen atoms in total. The lowest BCUT2D eigenvalue weighted by Crippen LogP contribution is -2.61. The maximum Gasteiger partial charge on any atom is 0.407 e. The molecule has 18 atom stereocenters. The highest BCUT2D eigenvalue weighted by molar-refractivity contribution is 7.99. The lowest BCUT2D eigenvalue weighted by Gasteiger charge is -2.49. The molecule has 4 heterocycles. The number of carbonyl (C=O) groups excluding carboxylic acids is 2. The summed E-state index contributed by atoms with van der Waals surface area (Å²) in [5.74, 6) is -5.26. The average molecular weight is 1170 g/mol. The van der Waals surface area contributed by atoms with E-state index in [1.165, 1.54) is 39.1 Å². The number of ether oxygens (including phenoxy) is 9. The van der Waals surface area contributed by atoms with Gasteiger partial charge in [0.2, 0.25) is 12.2 Å². The van der Waals surface area contributed by atoms with E-state index in [0.717, 1.165) is 4.90 Å². The highest BCUT2D eigenvalue weighted by Crippen LogP contribution is 2.42. The summed E-state index contributed by atoms with van der Waals surface area (Å²) in [5.41, 5.74) is -5.15. The number of thioether (sulfide) groups is 1. The number of hydrogen-bond acceptors (Lipinski definition) is 22. The summed E-state index contributed by atoms with van der Waals surface area (Å²) >= 11 is 1.42. The number of methoxy groups -OCH3 is 2. The number of oxime groups is 1. The fourth-order valence-electron chi connectivity index (χ4n) is 11.5. The van der Waals surface area contributed by atoms with Gasteiger partial charge in [0.15, 0.2) is 18.7 Å². The minimum atomic E-state index is -2.02. The molecule has 0 saturated carbocycles. The van der Waals surface area contributed by atoms with Gasteiger partial charge in [-0.3, -0.25) is 14.3 Å². The van der Waals surface area contributed by atoms with Gasteiger partial charge in [0, 0.05) is 87.3 Å². The first-order valence-corrected chi connectivity index (χ1v) is 28.7. The molecule has 3 aliphatic heterocycles. The molecule has 3 aliphatic rings. The van der Waals surface area contributed by atoms with Gasteiger partial charge in [0.1, 0.15) is 29.0 Å². The summed E-state index contributed by atoms with van der Waals surface area (Å²) in [6.45, 7) is 17.1. The lowest BCUT2D eigenvalue weighted by molar-refractivity contribution is -0.317. The van der Waals surface area contributed by atoms with Crippen molar-refractivity contribution in [2.45, 2.75) is 184 Å². The predicted molar refractivity (Wildman–Crippen MR) is 301 cm³/mol. The smallest absolute Gasteiger partial charge is 0.407 e. The van der Waals surface area contributed by atoms with E-state index in [1.54, 1.807) is 91.3 Å². The monoisotopic (exact) mass is 1170 g/mol. The van der Waals surface area contributed by atoms with E-state index in [2.05, 4.69) is 10.5 Å². The first kappa shape index (κ1) is 67.6. The maximum absolute atomic E-state index is 14.6. The van der Waals surface area contributed by atoms with Crippen molar-refractivity contribution in [3.05, 3.63) is 40.2 Å². The van der Waals surface area contributed by atoms with Crippen LogP contribution in [0.1, 0.15) is 105 Å². The molecular weight excluding hydrogens is 1080 g/mol. The second kappa shape index (κ2) is 29.0. The average Bonchev–Trinajstić information content (AvgIpc) is 3.40. The highest BCUT2D eigenvalue weighted by Gasteiger charge is 2.54. The van der Waals surface area contributed by atoms with Crippen LogP contribution in [0.2, 0.25) is 0 Å². The van der Waals surface area contributed by atoms with Crippen molar-refractivity contribution in [3.8, 4) is 0 Å². The number of likely N-dealkylation sites (N-methyl/N-ethyl adjacent to an activating group) is 1. The van der Waals surface area contributed by atoms with Crippen LogP contribution in [0.25, 0.3) is 10.9 Å². The summed E-state index contributed by atoms with van der Waals surface area (Å²) in [6.07, 6.45) is -9.93. The van der Waals surface area contributed by atoms with Crippen molar-refractivity contribution in [2.24, 2.45) is 28.8 Å². The number of aliphatic hydroxyl groups excluding tert-OH is 2. The molecule has 0 radical (unpaired) electrons. The Balaban J connectivity index is 1.34. The van der Waals surface area contributed by atoms with Gasteiger partial charge in [0.25, 0.3) is 0 Å². The van der Waals surface area contributed by atoms with Crippen LogP contribution in [-0.2, 0) is 52.3 Å². The number of rotatable bonds is 20. The van der Waals surface area contributed by atoms with E-state index >= 15 is 0 Å². The van der Waals surface area contributed by atoms with Crippen LogP contribution >= 0.6 is 11.8 Å². The molecule has 3 fully saturated rings. The fourth-order valence-corrected chi connectivity index (χ4v) is 12.3. The Hall–Kier alpha value is -4.22. The molecule has 25 heteroatoms. The lowest BCUT2D eigenvalue weighted by atomic mass is 9.73. The summed E-state index contributed by atoms with van der Waals surface area (Å²) in [4.78, 5) is 61.0. The number of hydrogen-bond donors (Lipinski definition) is 6. The van der Waals surface area contributed by atoms with Gasteiger partial charge in [-0.05, 0) is 93.1 Å². The van der Waals surface area contributed by atoms with E-state index in [9.17, 15) is 44.7 Å². The van der Waals surface area contributed by atoms with Crippen LogP contribution in [0.4, 0.5) is 4.79 Å². The van der Waals surface area contributed by atoms with E-state index < -0.39 is 119 Å². The molecule has 0 spiro atoms. The minimum absolute atomic E-state index is 0.0234. The Morgan fingerprint density at radius 3 is 2.25 bits per heavy atom. The molecule has 2 aromatic rings. The predicted octanol–water partition coefficient (Wildman–Crippen LogP) is 3.95. The van der Waals surface area contributed by atoms with Gasteiger partial charge in [0.05, 0.1) is 66.5 Å². The van der Waals surface area contributed by atoms with Crippen molar-refractivity contribution >= 4 is 46.4 Å². The molecular formula is C56H91N5O19S. The third-order valence-corrected chi connectivity index (χ3v) is 17.0. The molecule has 5 rings (SSSR count). The standard InChI is InChI=1S/C56H91N5O19S/c1-17-41-56(10,70)47(64)32(4)43(58-74-29-71-15)30(2)26-54(8,69)48(79-52-45(63)40(59(11)12)24-31(3)75-52)33(5)46(34(6)51(67)77-41)78-42-27-55(9,72-16)49(35(7)76-42)80-53(68)57-20-21-73-22-23-81-36-18-19-39-37(25-36)44(62)38(50(65)66)28-61(39)60(13)14/h18-19,25,28,30-35,40-42,45-49,52,63-64,69-70H,17,20-24,26-27,29H2,1-16H3,(H,57,68)(H,65,66)/b58-43+/t30-,31-,32+,33+,34-,35+,40+,41-,42+,45-,46+,47-,48-,49+,52+,54-,55-,56-/m1/s1. The quantitative estimate of drug-likeness (QED) is 0.0360. The number of nitrogens with one attached hydrogen (secondary N) is 1. The van der Waals surface area contributed by atoms with Crippen molar-refractivity contribution in [3.63, 3.8) is 0 Å². The third kappa shape index (κ3) is 16.4. The van der Waals surface area contributed by atoms with Gasteiger partial charge in [-0.1, -0.05) is 32.9 Å². The summed E-state index contributed by atoms with van der Waals surface area (Å²) in [6, 6.07) is 4.90. The molecule has 460 valence electrons. The van der Waals surface area contributed by atoms with Crippen LogP contribution in [-0.4, -0.2) is 218 Å². The van der Waals surface area contributed by atoms with Crippen molar-refractivity contribution in [1.82, 2.24) is 14.9 Å². The Morgan fingerprint density at radius 1 is 0.938 bits per heavy atom.